The molecule has 2 aromatic rings. The van der Waals surface area contributed by atoms with Gasteiger partial charge in [0.15, 0.2) is 6.04 Å². The Morgan fingerprint density at radius 3 is 2.74 bits per heavy atom. The number of aliphatic imine (C=N–C) groups is 1. The molecule has 2 aromatic carbocycles. The van der Waals surface area contributed by atoms with E-state index in [2.05, 4.69) is 4.99 Å². The minimum Gasteiger partial charge on any atom is -0.488 e. The van der Waals surface area contributed by atoms with Crippen molar-refractivity contribution in [1.82, 2.24) is 0 Å². The highest BCUT2D eigenvalue weighted by molar-refractivity contribution is 8.14. The fraction of sp³-hybridized carbons (Fsp3) is 0.222. The lowest BCUT2D eigenvalue weighted by molar-refractivity contribution is -0.137. The molecule has 1 N–H and O–H groups in total. The van der Waals surface area contributed by atoms with Gasteiger partial charge < -0.3 is 9.84 Å². The van der Waals surface area contributed by atoms with E-state index in [1.165, 1.54) is 11.8 Å². The molecule has 118 valence electrons. The van der Waals surface area contributed by atoms with Crippen molar-refractivity contribution in [3.05, 3.63) is 65.2 Å². The lowest BCUT2D eigenvalue weighted by atomic mass is 10.1. The minimum atomic E-state index is -0.882. The van der Waals surface area contributed by atoms with Crippen LogP contribution in [-0.4, -0.2) is 27.9 Å². The van der Waals surface area contributed by atoms with Crippen LogP contribution in [0.4, 0.5) is 0 Å². The molecule has 0 aromatic heterocycles. The molecule has 3 rings (SSSR count). The summed E-state index contributed by atoms with van der Waals surface area (Å²) in [4.78, 5) is 15.4. The van der Waals surface area contributed by atoms with Gasteiger partial charge in [0.1, 0.15) is 17.4 Å². The minimum absolute atomic E-state index is 0.469. The van der Waals surface area contributed by atoms with Crippen LogP contribution in [0.1, 0.15) is 16.7 Å². The smallest absolute Gasteiger partial charge is 0.329 e. The van der Waals surface area contributed by atoms with Crippen molar-refractivity contribution in [3.8, 4) is 5.75 Å². The molecular weight excluding hydrogens is 310 g/mol. The third-order valence-corrected chi connectivity index (χ3v) is 4.69. The molecular formula is C18H17NO3S. The van der Waals surface area contributed by atoms with Gasteiger partial charge in [-0.15, -0.1) is 11.8 Å². The first kappa shape index (κ1) is 15.6. The number of para-hydroxylation sites is 1. The van der Waals surface area contributed by atoms with Gasteiger partial charge in [-0.1, -0.05) is 42.5 Å². The number of carboxylic acids is 1. The SMILES string of the molecule is Cc1cccc(C2=N[C@H](C(=O)O)CS2)c1OCc1ccccc1. The van der Waals surface area contributed by atoms with E-state index >= 15 is 0 Å². The van der Waals surface area contributed by atoms with Gasteiger partial charge in [-0.3, -0.25) is 4.99 Å². The van der Waals surface area contributed by atoms with E-state index in [0.29, 0.717) is 12.4 Å². The number of benzene rings is 2. The molecule has 5 heteroatoms. The molecule has 4 nitrogen and oxygen atoms in total. The molecule has 0 spiro atoms. The lowest BCUT2D eigenvalue weighted by Crippen LogP contribution is -2.17. The molecule has 1 heterocycles. The van der Waals surface area contributed by atoms with Crippen LogP contribution >= 0.6 is 11.8 Å². The molecule has 1 aliphatic rings. The second kappa shape index (κ2) is 6.87. The van der Waals surface area contributed by atoms with Crippen molar-refractivity contribution in [2.45, 2.75) is 19.6 Å². The van der Waals surface area contributed by atoms with Gasteiger partial charge in [-0.2, -0.15) is 0 Å². The van der Waals surface area contributed by atoms with Crippen molar-refractivity contribution in [1.29, 1.82) is 0 Å². The van der Waals surface area contributed by atoms with E-state index in [1.807, 2.05) is 55.5 Å². The van der Waals surface area contributed by atoms with Gasteiger partial charge in [0.05, 0.1) is 0 Å². The monoisotopic (exact) mass is 327 g/mol. The topological polar surface area (TPSA) is 58.9 Å². The standard InChI is InChI=1S/C18H17NO3S/c1-12-6-5-9-14(17-19-15(11-23-17)18(20)21)16(12)22-10-13-7-3-2-4-8-13/h2-9,15H,10-11H2,1H3,(H,20,21)/t15-/m0/s1. The van der Waals surface area contributed by atoms with Crippen LogP contribution in [0, 0.1) is 6.92 Å². The summed E-state index contributed by atoms with van der Waals surface area (Å²) in [6.45, 7) is 2.46. The van der Waals surface area contributed by atoms with Crippen LogP contribution < -0.4 is 4.74 Å². The Labute approximate surface area is 139 Å². The third kappa shape index (κ3) is 3.56. The molecule has 0 unspecified atom stereocenters. The van der Waals surface area contributed by atoms with Gasteiger partial charge in [0.25, 0.3) is 0 Å². The summed E-state index contributed by atoms with van der Waals surface area (Å²) in [5.41, 5.74) is 2.97. The average Bonchev–Trinajstić information content (AvgIpc) is 3.04. The summed E-state index contributed by atoms with van der Waals surface area (Å²) in [6.07, 6.45) is 0. The van der Waals surface area contributed by atoms with Crippen molar-refractivity contribution in [3.63, 3.8) is 0 Å². The Bertz CT molecular complexity index is 743. The molecule has 1 atom stereocenters. The highest BCUT2D eigenvalue weighted by Gasteiger charge is 2.27. The third-order valence-electron chi connectivity index (χ3n) is 3.60. The van der Waals surface area contributed by atoms with Crippen LogP contribution in [0.3, 0.4) is 0 Å². The zero-order valence-electron chi connectivity index (χ0n) is 12.7. The Kier molecular flexibility index (Phi) is 4.67. The maximum atomic E-state index is 11.1. The highest BCUT2D eigenvalue weighted by Crippen LogP contribution is 2.32. The first-order valence-corrected chi connectivity index (χ1v) is 8.34. The fourth-order valence-corrected chi connectivity index (χ4v) is 3.44. The predicted molar refractivity (Wildman–Crippen MR) is 92.4 cm³/mol. The van der Waals surface area contributed by atoms with Gasteiger partial charge in [-0.05, 0) is 24.1 Å². The molecule has 0 aliphatic carbocycles. The van der Waals surface area contributed by atoms with E-state index in [9.17, 15) is 4.79 Å². The van der Waals surface area contributed by atoms with Crippen molar-refractivity contribution < 1.29 is 14.6 Å². The highest BCUT2D eigenvalue weighted by atomic mass is 32.2. The summed E-state index contributed by atoms with van der Waals surface area (Å²) >= 11 is 1.47. The molecule has 0 saturated carbocycles. The summed E-state index contributed by atoms with van der Waals surface area (Å²) < 4.78 is 6.02. The van der Waals surface area contributed by atoms with Gasteiger partial charge in [-0.25, -0.2) is 4.79 Å². The molecule has 0 fully saturated rings. The largest absolute Gasteiger partial charge is 0.488 e. The second-order valence-corrected chi connectivity index (χ2v) is 6.33. The average molecular weight is 327 g/mol. The molecule has 0 radical (unpaired) electrons. The van der Waals surface area contributed by atoms with Crippen LogP contribution in [0.15, 0.2) is 53.5 Å². The van der Waals surface area contributed by atoms with Gasteiger partial charge in [0.2, 0.25) is 0 Å². The van der Waals surface area contributed by atoms with Crippen molar-refractivity contribution >= 4 is 22.8 Å². The fourth-order valence-electron chi connectivity index (χ4n) is 2.39. The van der Waals surface area contributed by atoms with Gasteiger partial charge in [0, 0.05) is 11.3 Å². The lowest BCUT2D eigenvalue weighted by Gasteiger charge is -2.14. The number of thioether (sulfide) groups is 1. The number of carbonyl (C=O) groups is 1. The first-order chi connectivity index (χ1) is 11.1. The number of hydrogen-bond acceptors (Lipinski definition) is 4. The van der Waals surface area contributed by atoms with E-state index in [4.69, 9.17) is 9.84 Å². The van der Waals surface area contributed by atoms with E-state index in [-0.39, 0.29) is 0 Å². The number of rotatable bonds is 5. The molecule has 0 saturated heterocycles. The zero-order chi connectivity index (χ0) is 16.2. The Balaban J connectivity index is 1.86. The van der Waals surface area contributed by atoms with E-state index < -0.39 is 12.0 Å². The molecule has 0 bridgehead atoms. The quantitative estimate of drug-likeness (QED) is 0.913. The first-order valence-electron chi connectivity index (χ1n) is 7.35. The Hall–Kier alpha value is -2.27. The Morgan fingerprint density at radius 1 is 1.26 bits per heavy atom. The number of carboxylic acid groups (broad SMARTS) is 1. The summed E-state index contributed by atoms with van der Waals surface area (Å²) in [5.74, 6) is 0.358. The van der Waals surface area contributed by atoms with E-state index in [0.717, 1.165) is 27.5 Å². The molecule has 1 aliphatic heterocycles. The van der Waals surface area contributed by atoms with Crippen LogP contribution in [0.2, 0.25) is 0 Å². The zero-order valence-corrected chi connectivity index (χ0v) is 13.5. The number of nitrogens with zero attached hydrogens (tertiary/aromatic N) is 1. The predicted octanol–water partition coefficient (Wildman–Crippen LogP) is 3.52. The van der Waals surface area contributed by atoms with Crippen LogP contribution in [0.5, 0.6) is 5.75 Å². The normalized spacial score (nSPS) is 16.9. The maximum absolute atomic E-state index is 11.1. The van der Waals surface area contributed by atoms with E-state index in [1.54, 1.807) is 0 Å². The number of aryl methyl sites for hydroxylation is 1. The van der Waals surface area contributed by atoms with Crippen LogP contribution in [0.25, 0.3) is 0 Å². The summed E-state index contributed by atoms with van der Waals surface area (Å²) in [7, 11) is 0. The summed E-state index contributed by atoms with van der Waals surface area (Å²) in [6, 6.07) is 15.1. The van der Waals surface area contributed by atoms with Crippen molar-refractivity contribution in [2.24, 2.45) is 4.99 Å². The maximum Gasteiger partial charge on any atom is 0.329 e. The Morgan fingerprint density at radius 2 is 2.04 bits per heavy atom. The number of aliphatic carboxylic acids is 1. The summed E-state index contributed by atoms with van der Waals surface area (Å²) in [5, 5.41) is 9.84. The number of hydrogen-bond donors (Lipinski definition) is 1. The van der Waals surface area contributed by atoms with Crippen LogP contribution in [-0.2, 0) is 11.4 Å². The second-order valence-electron chi connectivity index (χ2n) is 5.33. The number of ether oxygens (including phenoxy) is 1. The molecule has 0 amide bonds. The van der Waals surface area contributed by atoms with Crippen molar-refractivity contribution in [2.75, 3.05) is 5.75 Å². The molecule has 23 heavy (non-hydrogen) atoms. The van der Waals surface area contributed by atoms with Gasteiger partial charge >= 0.3 is 5.97 Å².